The van der Waals surface area contributed by atoms with Crippen LogP contribution < -0.4 is 10.6 Å². The quantitative estimate of drug-likeness (QED) is 0.891. The summed E-state index contributed by atoms with van der Waals surface area (Å²) in [5, 5.41) is 5.29. The van der Waals surface area contributed by atoms with Gasteiger partial charge < -0.3 is 10.6 Å². The van der Waals surface area contributed by atoms with Crippen molar-refractivity contribution in [2.75, 3.05) is 11.9 Å². The Morgan fingerprint density at radius 2 is 2.19 bits per heavy atom. The van der Waals surface area contributed by atoms with Crippen LogP contribution in [0, 0.1) is 6.92 Å². The zero-order chi connectivity index (χ0) is 15.2. The number of pyridine rings is 1. The molecule has 0 aliphatic rings. The monoisotopic (exact) mass is 303 g/mol. The summed E-state index contributed by atoms with van der Waals surface area (Å²) in [6, 6.07) is 5.33. The third kappa shape index (κ3) is 4.13. The van der Waals surface area contributed by atoms with E-state index >= 15 is 0 Å². The minimum absolute atomic E-state index is 0.0634. The molecule has 2 aromatic rings. The van der Waals surface area contributed by atoms with Gasteiger partial charge in [0.15, 0.2) is 0 Å². The topological polar surface area (TPSA) is 71.1 Å². The smallest absolute Gasteiger partial charge is 0.261 e. The van der Waals surface area contributed by atoms with Gasteiger partial charge >= 0.3 is 0 Å². The van der Waals surface area contributed by atoms with Crippen molar-refractivity contribution < 1.29 is 9.59 Å². The molecule has 0 unspecified atom stereocenters. The number of nitrogens with one attached hydrogen (secondary N) is 2. The average molecular weight is 303 g/mol. The van der Waals surface area contributed by atoms with Crippen LogP contribution in [0.3, 0.4) is 0 Å². The van der Waals surface area contributed by atoms with Crippen molar-refractivity contribution in [3.05, 3.63) is 45.9 Å². The molecule has 0 fully saturated rings. The van der Waals surface area contributed by atoms with Gasteiger partial charge in [-0.1, -0.05) is 6.92 Å². The number of nitrogens with zero attached hydrogens (tertiary/aromatic N) is 1. The van der Waals surface area contributed by atoms with Crippen LogP contribution in [0.5, 0.6) is 0 Å². The lowest BCUT2D eigenvalue weighted by Gasteiger charge is -2.05. The number of aryl methyl sites for hydroxylation is 2. The van der Waals surface area contributed by atoms with Gasteiger partial charge in [-0.05, 0) is 37.1 Å². The fraction of sp³-hybridized carbons (Fsp3) is 0.267. The summed E-state index contributed by atoms with van der Waals surface area (Å²) in [6.07, 6.45) is 4.09. The van der Waals surface area contributed by atoms with Gasteiger partial charge in [0.1, 0.15) is 0 Å². The molecule has 0 aliphatic heterocycles. The van der Waals surface area contributed by atoms with Crippen LogP contribution in [-0.2, 0) is 11.2 Å². The van der Waals surface area contributed by atoms with E-state index in [9.17, 15) is 9.59 Å². The molecule has 0 spiro atoms. The minimum Gasteiger partial charge on any atom is -0.342 e. The van der Waals surface area contributed by atoms with E-state index in [2.05, 4.69) is 22.5 Å². The number of rotatable bonds is 5. The number of carbonyl (C=O) groups is 2. The first-order valence-corrected chi connectivity index (χ1v) is 7.49. The van der Waals surface area contributed by atoms with Gasteiger partial charge in [-0.2, -0.15) is 0 Å². The number of carbonyl (C=O) groups excluding carboxylic acids is 2. The Morgan fingerprint density at radius 1 is 1.38 bits per heavy atom. The van der Waals surface area contributed by atoms with Gasteiger partial charge in [0, 0.05) is 11.1 Å². The number of amides is 2. The third-order valence-electron chi connectivity index (χ3n) is 2.92. The minimum atomic E-state index is -0.277. The molecule has 5 nitrogen and oxygen atoms in total. The summed E-state index contributed by atoms with van der Waals surface area (Å²) in [5.41, 5.74) is 1.73. The molecule has 21 heavy (non-hydrogen) atoms. The van der Waals surface area contributed by atoms with Crippen LogP contribution in [0.15, 0.2) is 30.6 Å². The first kappa shape index (κ1) is 15.2. The normalized spacial score (nSPS) is 10.2. The molecule has 110 valence electrons. The number of hydrogen-bond acceptors (Lipinski definition) is 4. The van der Waals surface area contributed by atoms with Crippen LogP contribution in [0.25, 0.3) is 0 Å². The largest absolute Gasteiger partial charge is 0.342 e. The van der Waals surface area contributed by atoms with E-state index in [0.29, 0.717) is 10.6 Å². The van der Waals surface area contributed by atoms with Crippen LogP contribution in [0.2, 0.25) is 0 Å². The van der Waals surface area contributed by atoms with Crippen LogP contribution in [0.4, 0.5) is 5.69 Å². The zero-order valence-electron chi connectivity index (χ0n) is 12.0. The lowest BCUT2D eigenvalue weighted by atomic mass is 10.2. The van der Waals surface area contributed by atoms with E-state index in [1.165, 1.54) is 16.2 Å². The Hall–Kier alpha value is -2.21. The fourth-order valence-electron chi connectivity index (χ4n) is 1.87. The predicted molar refractivity (Wildman–Crippen MR) is 83.6 cm³/mol. The van der Waals surface area contributed by atoms with Crippen LogP contribution in [0.1, 0.15) is 27.0 Å². The molecule has 0 bridgehead atoms. The molecule has 2 aromatic heterocycles. The van der Waals surface area contributed by atoms with Gasteiger partial charge in [-0.3, -0.25) is 14.6 Å². The van der Waals surface area contributed by atoms with E-state index < -0.39 is 0 Å². The summed E-state index contributed by atoms with van der Waals surface area (Å²) >= 11 is 1.47. The maximum absolute atomic E-state index is 12.0. The second kappa shape index (κ2) is 6.99. The molecule has 0 radical (unpaired) electrons. The van der Waals surface area contributed by atoms with Crippen molar-refractivity contribution in [3.8, 4) is 0 Å². The molecule has 0 aliphatic carbocycles. The Labute approximate surface area is 127 Å². The molecule has 0 aromatic carbocycles. The summed E-state index contributed by atoms with van der Waals surface area (Å²) in [5.74, 6) is -0.496. The van der Waals surface area contributed by atoms with E-state index in [1.807, 2.05) is 13.0 Å². The molecule has 2 amide bonds. The van der Waals surface area contributed by atoms with E-state index in [-0.39, 0.29) is 18.4 Å². The van der Waals surface area contributed by atoms with E-state index in [0.717, 1.165) is 12.0 Å². The number of aromatic nitrogens is 1. The second-order valence-electron chi connectivity index (χ2n) is 4.54. The number of hydrogen-bond donors (Lipinski definition) is 2. The SMILES string of the molecule is CCc1sc(C(=O)NCC(=O)Nc2cccnc2)cc1C. The Balaban J connectivity index is 1.87. The molecule has 2 N–H and O–H groups in total. The second-order valence-corrected chi connectivity index (χ2v) is 5.68. The number of thiophene rings is 1. The van der Waals surface area contributed by atoms with Crippen molar-refractivity contribution in [2.45, 2.75) is 20.3 Å². The summed E-state index contributed by atoms with van der Waals surface area (Å²) in [7, 11) is 0. The van der Waals surface area contributed by atoms with Crippen molar-refractivity contribution in [1.29, 1.82) is 0 Å². The van der Waals surface area contributed by atoms with Gasteiger partial charge in [0.25, 0.3) is 5.91 Å². The van der Waals surface area contributed by atoms with Crippen molar-refractivity contribution >= 4 is 28.8 Å². The average Bonchev–Trinajstić information content (AvgIpc) is 2.87. The first-order valence-electron chi connectivity index (χ1n) is 6.67. The Kier molecular flexibility index (Phi) is 5.05. The first-order chi connectivity index (χ1) is 10.1. The maximum Gasteiger partial charge on any atom is 0.261 e. The highest BCUT2D eigenvalue weighted by Gasteiger charge is 2.12. The van der Waals surface area contributed by atoms with E-state index in [1.54, 1.807) is 24.5 Å². The van der Waals surface area contributed by atoms with Gasteiger partial charge in [-0.15, -0.1) is 11.3 Å². The summed E-state index contributed by atoms with van der Waals surface area (Å²) < 4.78 is 0. The van der Waals surface area contributed by atoms with Crippen molar-refractivity contribution in [2.24, 2.45) is 0 Å². The molecule has 6 heteroatoms. The predicted octanol–water partition coefficient (Wildman–Crippen LogP) is 2.38. The van der Waals surface area contributed by atoms with Gasteiger partial charge in [0.2, 0.25) is 5.91 Å². The lowest BCUT2D eigenvalue weighted by molar-refractivity contribution is -0.115. The summed E-state index contributed by atoms with van der Waals surface area (Å²) in [6.45, 7) is 3.98. The van der Waals surface area contributed by atoms with E-state index in [4.69, 9.17) is 0 Å². The lowest BCUT2D eigenvalue weighted by Crippen LogP contribution is -2.32. The molecular weight excluding hydrogens is 286 g/mol. The molecule has 0 saturated heterocycles. The molecule has 2 heterocycles. The zero-order valence-corrected chi connectivity index (χ0v) is 12.8. The highest BCUT2D eigenvalue weighted by molar-refractivity contribution is 7.14. The van der Waals surface area contributed by atoms with Gasteiger partial charge in [-0.25, -0.2) is 0 Å². The molecule has 0 saturated carbocycles. The van der Waals surface area contributed by atoms with Crippen molar-refractivity contribution in [1.82, 2.24) is 10.3 Å². The third-order valence-corrected chi connectivity index (χ3v) is 4.30. The summed E-state index contributed by atoms with van der Waals surface area (Å²) in [4.78, 5) is 29.5. The van der Waals surface area contributed by atoms with Crippen molar-refractivity contribution in [3.63, 3.8) is 0 Å². The van der Waals surface area contributed by atoms with Gasteiger partial charge in [0.05, 0.1) is 23.3 Å². The molecular formula is C15H17N3O2S. The maximum atomic E-state index is 12.0. The highest BCUT2D eigenvalue weighted by atomic mass is 32.1. The fourth-order valence-corrected chi connectivity index (χ4v) is 2.90. The Morgan fingerprint density at radius 3 is 2.81 bits per heavy atom. The van der Waals surface area contributed by atoms with Crippen LogP contribution in [-0.4, -0.2) is 23.3 Å². The molecule has 0 atom stereocenters. The number of anilines is 1. The standard InChI is InChI=1S/C15H17N3O2S/c1-3-12-10(2)7-13(21-12)15(20)17-9-14(19)18-11-5-4-6-16-8-11/h4-8H,3,9H2,1-2H3,(H,17,20)(H,18,19). The highest BCUT2D eigenvalue weighted by Crippen LogP contribution is 2.22. The van der Waals surface area contributed by atoms with Crippen LogP contribution >= 0.6 is 11.3 Å². The molecule has 2 rings (SSSR count). The Bertz CT molecular complexity index is 638.